The predicted octanol–water partition coefficient (Wildman–Crippen LogP) is 0.663. The van der Waals surface area contributed by atoms with Crippen molar-refractivity contribution in [3.8, 4) is 0 Å². The van der Waals surface area contributed by atoms with Crippen molar-refractivity contribution < 1.29 is 13.2 Å². The molecule has 1 aromatic heterocycles. The fourth-order valence-electron chi connectivity index (χ4n) is 1.54. The number of aromatic nitrogens is 1. The highest BCUT2D eigenvalue weighted by atomic mass is 32.2. The lowest BCUT2D eigenvalue weighted by molar-refractivity contribution is -0.121. The van der Waals surface area contributed by atoms with E-state index < -0.39 is 10.0 Å². The largest absolute Gasteiger partial charge is 0.355 e. The molecule has 20 heavy (non-hydrogen) atoms. The molecule has 0 aliphatic rings. The monoisotopic (exact) mass is 299 g/mol. The molecule has 1 amide bonds. The van der Waals surface area contributed by atoms with Crippen molar-refractivity contribution in [1.29, 1.82) is 0 Å². The molecule has 1 heterocycles. The van der Waals surface area contributed by atoms with Crippen molar-refractivity contribution in [2.45, 2.75) is 26.8 Å². The lowest BCUT2D eigenvalue weighted by Crippen LogP contribution is -2.34. The third-order valence-corrected chi connectivity index (χ3v) is 3.83. The number of hydrogen-bond acceptors (Lipinski definition) is 4. The van der Waals surface area contributed by atoms with Crippen molar-refractivity contribution in [2.75, 3.05) is 12.3 Å². The van der Waals surface area contributed by atoms with E-state index in [1.165, 1.54) is 0 Å². The van der Waals surface area contributed by atoms with Gasteiger partial charge in [-0.05, 0) is 17.5 Å². The maximum absolute atomic E-state index is 11.7. The molecule has 0 spiro atoms. The quantitative estimate of drug-likeness (QED) is 0.738. The van der Waals surface area contributed by atoms with E-state index in [4.69, 9.17) is 0 Å². The first-order valence-corrected chi connectivity index (χ1v) is 8.17. The summed E-state index contributed by atoms with van der Waals surface area (Å²) in [7, 11) is -3.40. The molecule has 1 aromatic rings. The smallest absolute Gasteiger partial charge is 0.220 e. The Kier molecular flexibility index (Phi) is 6.60. The molecule has 0 aromatic carbocycles. The van der Waals surface area contributed by atoms with Crippen LogP contribution in [-0.2, 0) is 21.4 Å². The second-order valence-electron chi connectivity index (χ2n) is 4.95. The van der Waals surface area contributed by atoms with Crippen LogP contribution in [-0.4, -0.2) is 31.6 Å². The van der Waals surface area contributed by atoms with Gasteiger partial charge in [0.05, 0.1) is 5.75 Å². The summed E-state index contributed by atoms with van der Waals surface area (Å²) in [6.07, 6.45) is 3.64. The number of carbonyl (C=O) groups is 1. The van der Waals surface area contributed by atoms with Crippen LogP contribution in [0.25, 0.3) is 0 Å². The van der Waals surface area contributed by atoms with Gasteiger partial charge in [0.2, 0.25) is 15.9 Å². The second kappa shape index (κ2) is 7.96. The minimum atomic E-state index is -3.40. The lowest BCUT2D eigenvalue weighted by atomic mass is 10.1. The van der Waals surface area contributed by atoms with E-state index in [1.807, 2.05) is 13.8 Å². The SMILES string of the molecule is CC(C)CC(=O)NCCS(=O)(=O)NCc1cccnc1. The Bertz CT molecular complexity index is 515. The van der Waals surface area contributed by atoms with E-state index in [2.05, 4.69) is 15.0 Å². The summed E-state index contributed by atoms with van der Waals surface area (Å²) >= 11 is 0. The van der Waals surface area contributed by atoms with Crippen LogP contribution in [0.1, 0.15) is 25.8 Å². The van der Waals surface area contributed by atoms with E-state index in [9.17, 15) is 13.2 Å². The highest BCUT2D eigenvalue weighted by Gasteiger charge is 2.11. The molecular formula is C13H21N3O3S. The van der Waals surface area contributed by atoms with Crippen LogP contribution < -0.4 is 10.0 Å². The molecule has 2 N–H and O–H groups in total. The number of rotatable bonds is 8. The third-order valence-electron chi connectivity index (χ3n) is 2.51. The number of sulfonamides is 1. The molecule has 7 heteroatoms. The van der Waals surface area contributed by atoms with Crippen LogP contribution in [0.2, 0.25) is 0 Å². The molecule has 0 saturated carbocycles. The first kappa shape index (κ1) is 16.6. The molecule has 0 unspecified atom stereocenters. The maximum atomic E-state index is 11.7. The van der Waals surface area contributed by atoms with Gasteiger partial charge in [0, 0.05) is 31.9 Å². The van der Waals surface area contributed by atoms with Gasteiger partial charge in [-0.3, -0.25) is 9.78 Å². The summed E-state index contributed by atoms with van der Waals surface area (Å²) in [5, 5.41) is 2.60. The van der Waals surface area contributed by atoms with E-state index in [0.29, 0.717) is 6.42 Å². The number of nitrogens with one attached hydrogen (secondary N) is 2. The molecule has 112 valence electrons. The predicted molar refractivity (Wildman–Crippen MR) is 77.3 cm³/mol. The number of pyridine rings is 1. The fourth-order valence-corrected chi connectivity index (χ4v) is 2.44. The van der Waals surface area contributed by atoms with Gasteiger partial charge in [-0.25, -0.2) is 13.1 Å². The lowest BCUT2D eigenvalue weighted by Gasteiger charge is -2.09. The normalized spacial score (nSPS) is 11.6. The zero-order chi connectivity index (χ0) is 15.0. The minimum absolute atomic E-state index is 0.119. The summed E-state index contributed by atoms with van der Waals surface area (Å²) in [5.41, 5.74) is 0.792. The van der Waals surface area contributed by atoms with E-state index in [-0.39, 0.29) is 30.7 Å². The molecule has 0 fully saturated rings. The third kappa shape index (κ3) is 7.20. The van der Waals surface area contributed by atoms with Crippen LogP contribution in [0.15, 0.2) is 24.5 Å². The van der Waals surface area contributed by atoms with Crippen LogP contribution in [0.4, 0.5) is 0 Å². The highest BCUT2D eigenvalue weighted by Crippen LogP contribution is 1.98. The topological polar surface area (TPSA) is 88.2 Å². The average molecular weight is 299 g/mol. The van der Waals surface area contributed by atoms with Gasteiger partial charge in [0.15, 0.2) is 0 Å². The Morgan fingerprint density at radius 1 is 1.40 bits per heavy atom. The van der Waals surface area contributed by atoms with Crippen LogP contribution in [0.3, 0.4) is 0 Å². The summed E-state index contributed by atoms with van der Waals surface area (Å²) in [6, 6.07) is 3.54. The first-order chi connectivity index (χ1) is 9.39. The molecule has 0 aliphatic heterocycles. The van der Waals surface area contributed by atoms with E-state index >= 15 is 0 Å². The number of hydrogen-bond donors (Lipinski definition) is 2. The van der Waals surface area contributed by atoms with Gasteiger partial charge in [-0.1, -0.05) is 19.9 Å². The van der Waals surface area contributed by atoms with Crippen LogP contribution in [0.5, 0.6) is 0 Å². The second-order valence-corrected chi connectivity index (χ2v) is 6.88. The van der Waals surface area contributed by atoms with Gasteiger partial charge < -0.3 is 5.32 Å². The number of nitrogens with zero attached hydrogens (tertiary/aromatic N) is 1. The van der Waals surface area contributed by atoms with Crippen molar-refractivity contribution in [2.24, 2.45) is 5.92 Å². The van der Waals surface area contributed by atoms with Crippen LogP contribution in [0, 0.1) is 5.92 Å². The summed E-state index contributed by atoms with van der Waals surface area (Å²) in [4.78, 5) is 15.3. The average Bonchev–Trinajstić information content (AvgIpc) is 2.36. The maximum Gasteiger partial charge on any atom is 0.220 e. The first-order valence-electron chi connectivity index (χ1n) is 6.52. The highest BCUT2D eigenvalue weighted by molar-refractivity contribution is 7.89. The molecule has 0 radical (unpaired) electrons. The summed E-state index contributed by atoms with van der Waals surface area (Å²) in [5.74, 6) is 0.00895. The Labute approximate surface area is 120 Å². The summed E-state index contributed by atoms with van der Waals surface area (Å²) < 4.78 is 25.9. The van der Waals surface area contributed by atoms with Crippen molar-refractivity contribution >= 4 is 15.9 Å². The molecule has 1 rings (SSSR count). The Balaban J connectivity index is 2.30. The minimum Gasteiger partial charge on any atom is -0.355 e. The summed E-state index contributed by atoms with van der Waals surface area (Å²) in [6.45, 7) is 4.20. The fraction of sp³-hybridized carbons (Fsp3) is 0.538. The molecule has 0 saturated heterocycles. The molecular weight excluding hydrogens is 278 g/mol. The van der Waals surface area contributed by atoms with Gasteiger partial charge in [-0.2, -0.15) is 0 Å². The Hall–Kier alpha value is -1.47. The molecule has 0 atom stereocenters. The van der Waals surface area contributed by atoms with Gasteiger partial charge >= 0.3 is 0 Å². The Morgan fingerprint density at radius 2 is 2.15 bits per heavy atom. The van der Waals surface area contributed by atoms with E-state index in [0.717, 1.165) is 5.56 Å². The van der Waals surface area contributed by atoms with Gasteiger partial charge in [0.1, 0.15) is 0 Å². The van der Waals surface area contributed by atoms with Crippen molar-refractivity contribution in [3.63, 3.8) is 0 Å². The zero-order valence-corrected chi connectivity index (χ0v) is 12.6. The van der Waals surface area contributed by atoms with Gasteiger partial charge in [0.25, 0.3) is 0 Å². The molecule has 6 nitrogen and oxygen atoms in total. The van der Waals surface area contributed by atoms with Gasteiger partial charge in [-0.15, -0.1) is 0 Å². The van der Waals surface area contributed by atoms with Crippen LogP contribution >= 0.6 is 0 Å². The standard InChI is InChI=1S/C13H21N3O3S/c1-11(2)8-13(17)15-6-7-20(18,19)16-10-12-4-3-5-14-9-12/h3-5,9,11,16H,6-8,10H2,1-2H3,(H,15,17). The molecule has 0 bridgehead atoms. The number of amides is 1. The number of carbonyl (C=O) groups excluding carboxylic acids is 1. The molecule has 0 aliphatic carbocycles. The Morgan fingerprint density at radius 3 is 2.75 bits per heavy atom. The zero-order valence-electron chi connectivity index (χ0n) is 11.8. The van der Waals surface area contributed by atoms with Crippen molar-refractivity contribution in [1.82, 2.24) is 15.0 Å². The van der Waals surface area contributed by atoms with E-state index in [1.54, 1.807) is 24.5 Å². The van der Waals surface area contributed by atoms with Crippen molar-refractivity contribution in [3.05, 3.63) is 30.1 Å².